The maximum absolute atomic E-state index is 12.0. The predicted molar refractivity (Wildman–Crippen MR) is 83.3 cm³/mol. The van der Waals surface area contributed by atoms with Crippen LogP contribution in [-0.2, 0) is 11.2 Å². The summed E-state index contributed by atoms with van der Waals surface area (Å²) in [6, 6.07) is 12.6. The summed E-state index contributed by atoms with van der Waals surface area (Å²) >= 11 is 3.35. The van der Waals surface area contributed by atoms with Crippen molar-refractivity contribution in [1.82, 2.24) is 4.98 Å². The molecule has 0 atom stereocenters. The molecule has 5 nitrogen and oxygen atoms in total. The lowest BCUT2D eigenvalue weighted by Gasteiger charge is -2.05. The van der Waals surface area contributed by atoms with Crippen molar-refractivity contribution in [3.05, 3.63) is 63.1 Å². The standard InChI is InChI=1S/C15H11BrN2O3/c16-10-2-1-3-11(8-10)17-14(19)7-9-4-5-13-12(6-9)18-15(20)21-13/h1-6,8H,7H2,(H,17,19)(H,18,20). The number of aromatic nitrogens is 1. The van der Waals surface area contributed by atoms with Crippen molar-refractivity contribution in [3.8, 4) is 0 Å². The zero-order valence-electron chi connectivity index (χ0n) is 10.9. The molecule has 2 N–H and O–H groups in total. The molecule has 0 aliphatic rings. The van der Waals surface area contributed by atoms with Crippen LogP contribution in [-0.4, -0.2) is 10.9 Å². The smallest absolute Gasteiger partial charge is 0.408 e. The molecule has 0 bridgehead atoms. The number of benzene rings is 2. The van der Waals surface area contributed by atoms with Crippen LogP contribution in [0.25, 0.3) is 11.1 Å². The van der Waals surface area contributed by atoms with Crippen molar-refractivity contribution in [2.24, 2.45) is 0 Å². The number of fused-ring (bicyclic) bond motifs is 1. The Morgan fingerprint density at radius 2 is 2.10 bits per heavy atom. The van der Waals surface area contributed by atoms with Gasteiger partial charge in [-0.1, -0.05) is 28.1 Å². The summed E-state index contributed by atoms with van der Waals surface area (Å²) in [5, 5.41) is 2.82. The molecule has 1 aromatic heterocycles. The second-order valence-corrected chi connectivity index (χ2v) is 5.50. The van der Waals surface area contributed by atoms with Crippen molar-refractivity contribution in [1.29, 1.82) is 0 Å². The number of hydrogen-bond acceptors (Lipinski definition) is 3. The highest BCUT2D eigenvalue weighted by molar-refractivity contribution is 9.10. The van der Waals surface area contributed by atoms with Crippen molar-refractivity contribution in [3.63, 3.8) is 0 Å². The predicted octanol–water partition coefficient (Wildman–Crippen LogP) is 3.06. The number of carbonyl (C=O) groups is 1. The number of oxazole rings is 1. The van der Waals surface area contributed by atoms with Gasteiger partial charge in [0.25, 0.3) is 0 Å². The molecule has 21 heavy (non-hydrogen) atoms. The van der Waals surface area contributed by atoms with Crippen molar-refractivity contribution < 1.29 is 9.21 Å². The summed E-state index contributed by atoms with van der Waals surface area (Å²) in [4.78, 5) is 25.7. The minimum Gasteiger partial charge on any atom is -0.408 e. The van der Waals surface area contributed by atoms with E-state index in [1.807, 2.05) is 24.3 Å². The largest absolute Gasteiger partial charge is 0.417 e. The SMILES string of the molecule is O=C(Cc1ccc2oc(=O)[nH]c2c1)Nc1cccc(Br)c1. The van der Waals surface area contributed by atoms with Crippen molar-refractivity contribution in [2.75, 3.05) is 5.32 Å². The molecule has 0 unspecified atom stereocenters. The van der Waals surface area contributed by atoms with Gasteiger partial charge < -0.3 is 9.73 Å². The number of hydrogen-bond donors (Lipinski definition) is 2. The Balaban J connectivity index is 1.75. The van der Waals surface area contributed by atoms with E-state index in [1.165, 1.54) is 0 Å². The quantitative estimate of drug-likeness (QED) is 0.765. The normalized spacial score (nSPS) is 10.7. The molecule has 0 saturated carbocycles. The van der Waals surface area contributed by atoms with Crippen molar-refractivity contribution >= 4 is 38.6 Å². The topological polar surface area (TPSA) is 75.1 Å². The second-order valence-electron chi connectivity index (χ2n) is 4.58. The van der Waals surface area contributed by atoms with Crippen LogP contribution in [0.5, 0.6) is 0 Å². The van der Waals surface area contributed by atoms with Crippen LogP contribution in [0, 0.1) is 0 Å². The summed E-state index contributed by atoms with van der Waals surface area (Å²) in [5.74, 6) is -0.626. The summed E-state index contributed by atoms with van der Waals surface area (Å²) in [6.07, 6.45) is 0.218. The molecular weight excluding hydrogens is 336 g/mol. The molecule has 2 aromatic carbocycles. The van der Waals surface area contributed by atoms with Gasteiger partial charge in [-0.25, -0.2) is 4.79 Å². The first-order valence-electron chi connectivity index (χ1n) is 6.27. The molecule has 0 aliphatic heterocycles. The highest BCUT2D eigenvalue weighted by Gasteiger charge is 2.07. The van der Waals surface area contributed by atoms with Gasteiger partial charge in [-0.2, -0.15) is 0 Å². The molecule has 0 fully saturated rings. The van der Waals surface area contributed by atoms with E-state index in [-0.39, 0.29) is 12.3 Å². The first-order chi connectivity index (χ1) is 10.1. The summed E-state index contributed by atoms with van der Waals surface area (Å²) in [5.41, 5.74) is 2.60. The Morgan fingerprint density at radius 1 is 1.24 bits per heavy atom. The monoisotopic (exact) mass is 346 g/mol. The average molecular weight is 347 g/mol. The maximum Gasteiger partial charge on any atom is 0.417 e. The minimum atomic E-state index is -0.499. The molecule has 0 radical (unpaired) electrons. The van der Waals surface area contributed by atoms with E-state index in [9.17, 15) is 9.59 Å². The van der Waals surface area contributed by atoms with Crippen LogP contribution >= 0.6 is 15.9 Å². The Bertz CT molecular complexity index is 866. The van der Waals surface area contributed by atoms with Gasteiger partial charge in [0.15, 0.2) is 5.58 Å². The zero-order chi connectivity index (χ0) is 14.8. The highest BCUT2D eigenvalue weighted by Crippen LogP contribution is 2.17. The van der Waals surface area contributed by atoms with E-state index in [1.54, 1.807) is 18.2 Å². The third kappa shape index (κ3) is 3.22. The van der Waals surface area contributed by atoms with E-state index in [4.69, 9.17) is 4.42 Å². The highest BCUT2D eigenvalue weighted by atomic mass is 79.9. The van der Waals surface area contributed by atoms with Crippen molar-refractivity contribution in [2.45, 2.75) is 6.42 Å². The van der Waals surface area contributed by atoms with Gasteiger partial charge >= 0.3 is 5.76 Å². The lowest BCUT2D eigenvalue weighted by molar-refractivity contribution is -0.115. The van der Waals surface area contributed by atoms with Crippen LogP contribution in [0.15, 0.2) is 56.1 Å². The van der Waals surface area contributed by atoms with Gasteiger partial charge in [0.2, 0.25) is 5.91 Å². The Hall–Kier alpha value is -2.34. The van der Waals surface area contributed by atoms with Crippen LogP contribution in [0.3, 0.4) is 0 Å². The number of amides is 1. The summed E-state index contributed by atoms with van der Waals surface area (Å²) in [6.45, 7) is 0. The van der Waals surface area contributed by atoms with E-state index in [2.05, 4.69) is 26.2 Å². The molecule has 1 amide bonds. The van der Waals surface area contributed by atoms with E-state index in [0.717, 1.165) is 15.7 Å². The molecule has 6 heteroatoms. The molecule has 106 valence electrons. The molecule has 1 heterocycles. The van der Waals surface area contributed by atoms with Gasteiger partial charge in [0, 0.05) is 10.2 Å². The lowest BCUT2D eigenvalue weighted by atomic mass is 10.1. The number of aromatic amines is 1. The Labute approximate surface area is 128 Å². The Kier molecular flexibility index (Phi) is 3.62. The zero-order valence-corrected chi connectivity index (χ0v) is 12.4. The van der Waals surface area contributed by atoms with Gasteiger partial charge in [-0.05, 0) is 35.9 Å². The first-order valence-corrected chi connectivity index (χ1v) is 7.06. The minimum absolute atomic E-state index is 0.127. The van der Waals surface area contributed by atoms with E-state index in [0.29, 0.717) is 11.1 Å². The van der Waals surface area contributed by atoms with Crippen LogP contribution < -0.4 is 11.1 Å². The van der Waals surface area contributed by atoms with E-state index < -0.39 is 5.76 Å². The fourth-order valence-electron chi connectivity index (χ4n) is 2.07. The number of H-pyrrole nitrogens is 1. The number of carbonyl (C=O) groups excluding carboxylic acids is 1. The number of halogens is 1. The number of rotatable bonds is 3. The molecule has 3 aromatic rings. The first kappa shape index (κ1) is 13.6. The Morgan fingerprint density at radius 3 is 2.90 bits per heavy atom. The molecule has 0 aliphatic carbocycles. The van der Waals surface area contributed by atoms with E-state index >= 15 is 0 Å². The fourth-order valence-corrected chi connectivity index (χ4v) is 2.47. The molecule has 0 saturated heterocycles. The van der Waals surface area contributed by atoms with Crippen LogP contribution in [0.2, 0.25) is 0 Å². The van der Waals surface area contributed by atoms with Gasteiger partial charge in [0.1, 0.15) is 0 Å². The second kappa shape index (κ2) is 5.57. The van der Waals surface area contributed by atoms with Gasteiger partial charge in [-0.3, -0.25) is 9.78 Å². The summed E-state index contributed by atoms with van der Waals surface area (Å²) in [7, 11) is 0. The van der Waals surface area contributed by atoms with Gasteiger partial charge in [0.05, 0.1) is 11.9 Å². The van der Waals surface area contributed by atoms with Crippen LogP contribution in [0.4, 0.5) is 5.69 Å². The molecule has 0 spiro atoms. The third-order valence-corrected chi connectivity index (χ3v) is 3.45. The lowest BCUT2D eigenvalue weighted by Crippen LogP contribution is -2.14. The average Bonchev–Trinajstić information content (AvgIpc) is 2.78. The maximum atomic E-state index is 12.0. The summed E-state index contributed by atoms with van der Waals surface area (Å²) < 4.78 is 5.82. The fraction of sp³-hybridized carbons (Fsp3) is 0.0667. The van der Waals surface area contributed by atoms with Crippen LogP contribution in [0.1, 0.15) is 5.56 Å². The van der Waals surface area contributed by atoms with Gasteiger partial charge in [-0.15, -0.1) is 0 Å². The number of nitrogens with one attached hydrogen (secondary N) is 2. The number of anilines is 1. The molecule has 3 rings (SSSR count). The molecular formula is C15H11BrN2O3. The third-order valence-electron chi connectivity index (χ3n) is 2.96.